The lowest BCUT2D eigenvalue weighted by Crippen LogP contribution is -2.34. The van der Waals surface area contributed by atoms with Gasteiger partial charge in [0.2, 0.25) is 0 Å². The molecule has 0 radical (unpaired) electrons. The van der Waals surface area contributed by atoms with Gasteiger partial charge >= 0.3 is 0 Å². The van der Waals surface area contributed by atoms with Crippen molar-refractivity contribution in [1.29, 1.82) is 0 Å². The summed E-state index contributed by atoms with van der Waals surface area (Å²) in [6.45, 7) is 6.52. The number of carbonyl (C=O) groups is 1. The highest BCUT2D eigenvalue weighted by Crippen LogP contribution is 2.47. The number of hydrogen-bond donors (Lipinski definition) is 2. The number of allylic oxidation sites excluding steroid dienone is 1. The molecular formula is C19H26N2O. The summed E-state index contributed by atoms with van der Waals surface area (Å²) in [6, 6.07) is 7.84. The van der Waals surface area contributed by atoms with Crippen molar-refractivity contribution in [1.82, 2.24) is 10.9 Å². The summed E-state index contributed by atoms with van der Waals surface area (Å²) in [4.78, 5) is 12.1. The van der Waals surface area contributed by atoms with Gasteiger partial charge in [-0.15, -0.1) is 0 Å². The second-order valence-electron chi connectivity index (χ2n) is 7.73. The highest BCUT2D eigenvalue weighted by molar-refractivity contribution is 5.93. The van der Waals surface area contributed by atoms with Crippen LogP contribution in [0.3, 0.4) is 0 Å². The molecule has 2 aliphatic carbocycles. The minimum atomic E-state index is -0.0829. The first kappa shape index (κ1) is 15.1. The fourth-order valence-electron chi connectivity index (χ4n) is 3.66. The second kappa shape index (κ2) is 5.79. The van der Waals surface area contributed by atoms with Crippen molar-refractivity contribution in [2.75, 3.05) is 0 Å². The molecule has 2 saturated carbocycles. The van der Waals surface area contributed by atoms with Gasteiger partial charge in [0, 0.05) is 11.8 Å². The first-order valence-corrected chi connectivity index (χ1v) is 8.29. The van der Waals surface area contributed by atoms with Gasteiger partial charge in [-0.2, -0.15) is 0 Å². The minimum Gasteiger partial charge on any atom is -0.306 e. The van der Waals surface area contributed by atoms with E-state index in [1.165, 1.54) is 36.8 Å². The van der Waals surface area contributed by atoms with Crippen LogP contribution in [-0.2, 0) is 5.41 Å². The van der Waals surface area contributed by atoms with Crippen LogP contribution in [0.4, 0.5) is 0 Å². The van der Waals surface area contributed by atoms with Crippen LogP contribution in [-0.4, -0.2) is 5.91 Å². The monoisotopic (exact) mass is 298 g/mol. The number of hydrogen-bond acceptors (Lipinski definition) is 2. The first-order valence-electron chi connectivity index (χ1n) is 8.29. The molecule has 0 saturated heterocycles. The molecule has 0 aliphatic heterocycles. The second-order valence-corrected chi connectivity index (χ2v) is 7.73. The van der Waals surface area contributed by atoms with E-state index in [9.17, 15) is 4.79 Å². The van der Waals surface area contributed by atoms with Crippen molar-refractivity contribution >= 4 is 5.91 Å². The van der Waals surface area contributed by atoms with Gasteiger partial charge in [-0.3, -0.25) is 10.2 Å². The third-order valence-electron chi connectivity index (χ3n) is 5.05. The van der Waals surface area contributed by atoms with Crippen LogP contribution in [0.1, 0.15) is 62.4 Å². The summed E-state index contributed by atoms with van der Waals surface area (Å²) in [5, 5.41) is 0. The fraction of sp³-hybridized carbons (Fsp3) is 0.526. The van der Waals surface area contributed by atoms with Crippen molar-refractivity contribution in [3.05, 3.63) is 47.2 Å². The van der Waals surface area contributed by atoms with Crippen LogP contribution in [0.15, 0.2) is 36.0 Å². The average molecular weight is 298 g/mol. The first-order chi connectivity index (χ1) is 10.4. The van der Waals surface area contributed by atoms with Crippen LogP contribution >= 0.6 is 0 Å². The van der Waals surface area contributed by atoms with E-state index in [1.807, 2.05) is 30.5 Å². The van der Waals surface area contributed by atoms with Gasteiger partial charge in [-0.1, -0.05) is 32.9 Å². The number of benzene rings is 1. The topological polar surface area (TPSA) is 41.1 Å². The zero-order valence-electron chi connectivity index (χ0n) is 13.8. The molecule has 2 aliphatic rings. The van der Waals surface area contributed by atoms with Crippen molar-refractivity contribution in [3.63, 3.8) is 0 Å². The van der Waals surface area contributed by atoms with Crippen LogP contribution in [0.25, 0.3) is 0 Å². The summed E-state index contributed by atoms with van der Waals surface area (Å²) in [5.41, 5.74) is 9.28. The fourth-order valence-corrected chi connectivity index (χ4v) is 3.66. The summed E-state index contributed by atoms with van der Waals surface area (Å²) in [5.74, 6) is 1.56. The van der Waals surface area contributed by atoms with Crippen molar-refractivity contribution in [2.24, 2.45) is 11.8 Å². The molecule has 1 amide bonds. The quantitative estimate of drug-likeness (QED) is 0.830. The Kier molecular flexibility index (Phi) is 3.98. The molecule has 2 N–H and O–H groups in total. The lowest BCUT2D eigenvalue weighted by atomic mass is 9.87. The molecule has 2 unspecified atom stereocenters. The maximum atomic E-state index is 12.1. The molecular weight excluding hydrogens is 272 g/mol. The molecule has 2 bridgehead atoms. The predicted molar refractivity (Wildman–Crippen MR) is 89.3 cm³/mol. The maximum Gasteiger partial charge on any atom is 0.269 e. The number of rotatable bonds is 3. The maximum absolute atomic E-state index is 12.1. The molecule has 2 atom stereocenters. The van der Waals surface area contributed by atoms with Crippen LogP contribution < -0.4 is 10.9 Å². The third kappa shape index (κ3) is 3.18. The Morgan fingerprint density at radius 2 is 1.91 bits per heavy atom. The summed E-state index contributed by atoms with van der Waals surface area (Å²) >= 11 is 0. The largest absolute Gasteiger partial charge is 0.306 e. The Balaban J connectivity index is 1.55. The van der Waals surface area contributed by atoms with Crippen LogP contribution in [0.5, 0.6) is 0 Å². The van der Waals surface area contributed by atoms with Crippen LogP contribution in [0.2, 0.25) is 0 Å². The molecule has 0 heterocycles. The Labute approximate surface area is 133 Å². The van der Waals surface area contributed by atoms with E-state index in [-0.39, 0.29) is 11.3 Å². The number of fused-ring (bicyclic) bond motifs is 2. The Bertz CT molecular complexity index is 580. The van der Waals surface area contributed by atoms with Gasteiger partial charge in [-0.05, 0) is 66.2 Å². The van der Waals surface area contributed by atoms with Crippen molar-refractivity contribution in [3.8, 4) is 0 Å². The highest BCUT2D eigenvalue weighted by atomic mass is 16.2. The molecule has 1 aromatic carbocycles. The third-order valence-corrected chi connectivity index (χ3v) is 5.05. The minimum absolute atomic E-state index is 0.0829. The van der Waals surface area contributed by atoms with Crippen LogP contribution in [0, 0.1) is 11.8 Å². The molecule has 2 fully saturated rings. The lowest BCUT2D eigenvalue weighted by molar-refractivity contribution is 0.0940. The van der Waals surface area contributed by atoms with E-state index < -0.39 is 0 Å². The Hall–Kier alpha value is -1.77. The smallest absolute Gasteiger partial charge is 0.269 e. The van der Waals surface area contributed by atoms with Gasteiger partial charge in [0.1, 0.15) is 0 Å². The van der Waals surface area contributed by atoms with Gasteiger partial charge in [-0.25, -0.2) is 0 Å². The van der Waals surface area contributed by atoms with E-state index >= 15 is 0 Å². The van der Waals surface area contributed by atoms with Gasteiger partial charge in [0.25, 0.3) is 5.91 Å². The molecule has 0 spiro atoms. The normalized spacial score (nSPS) is 25.5. The van der Waals surface area contributed by atoms with Gasteiger partial charge in [0.05, 0.1) is 0 Å². The van der Waals surface area contributed by atoms with Gasteiger partial charge in [0.15, 0.2) is 0 Å². The van der Waals surface area contributed by atoms with Crippen molar-refractivity contribution in [2.45, 2.75) is 51.9 Å². The van der Waals surface area contributed by atoms with E-state index in [0.29, 0.717) is 5.56 Å². The Morgan fingerprint density at radius 1 is 1.18 bits per heavy atom. The van der Waals surface area contributed by atoms with E-state index in [4.69, 9.17) is 0 Å². The van der Waals surface area contributed by atoms with Gasteiger partial charge < -0.3 is 5.43 Å². The number of amides is 1. The standard InChI is InChI=1S/C19H26N2O/c1-19(2,3)17-8-6-14(7-9-17)18(22)21-20-12-16-11-13-4-5-15(16)10-13/h6-9,12-13,15,20H,4-5,10-11H2,1-3H3,(H,21,22). The number of carbonyl (C=O) groups excluding carboxylic acids is 1. The average Bonchev–Trinajstić information content (AvgIpc) is 3.09. The Morgan fingerprint density at radius 3 is 2.45 bits per heavy atom. The zero-order valence-corrected chi connectivity index (χ0v) is 13.8. The molecule has 0 aromatic heterocycles. The van der Waals surface area contributed by atoms with Crippen molar-refractivity contribution < 1.29 is 4.79 Å². The molecule has 3 rings (SSSR count). The predicted octanol–water partition coefficient (Wildman–Crippen LogP) is 3.92. The summed E-state index contributed by atoms with van der Waals surface area (Å²) in [7, 11) is 0. The molecule has 22 heavy (non-hydrogen) atoms. The molecule has 118 valence electrons. The van der Waals surface area contributed by atoms with E-state index in [2.05, 4.69) is 31.6 Å². The number of hydrazine groups is 1. The van der Waals surface area contributed by atoms with E-state index in [1.54, 1.807) is 0 Å². The summed E-state index contributed by atoms with van der Waals surface area (Å²) < 4.78 is 0. The highest BCUT2D eigenvalue weighted by Gasteiger charge is 2.35. The SMILES string of the molecule is CC(C)(C)c1ccc(C(=O)NNC=C2CC3CCC2C3)cc1. The molecule has 1 aromatic rings. The number of nitrogens with one attached hydrogen (secondary N) is 2. The molecule has 3 heteroatoms. The summed E-state index contributed by atoms with van der Waals surface area (Å²) in [6.07, 6.45) is 7.25. The molecule has 3 nitrogen and oxygen atoms in total. The zero-order chi connectivity index (χ0) is 15.7. The van der Waals surface area contributed by atoms with E-state index in [0.717, 1.165) is 11.8 Å². The lowest BCUT2D eigenvalue weighted by Gasteiger charge is -2.19.